The van der Waals surface area contributed by atoms with E-state index in [4.69, 9.17) is 0 Å². The van der Waals surface area contributed by atoms with E-state index in [-0.39, 0.29) is 11.9 Å². The monoisotopic (exact) mass is 283 g/mol. The van der Waals surface area contributed by atoms with Gasteiger partial charge >= 0.3 is 0 Å². The molecule has 0 aromatic heterocycles. The van der Waals surface area contributed by atoms with E-state index in [1.165, 1.54) is 6.07 Å². The van der Waals surface area contributed by atoms with Crippen molar-refractivity contribution in [2.75, 3.05) is 25.4 Å². The van der Waals surface area contributed by atoms with Gasteiger partial charge in [-0.3, -0.25) is 0 Å². The van der Waals surface area contributed by atoms with Crippen LogP contribution in [-0.4, -0.2) is 41.5 Å². The van der Waals surface area contributed by atoms with Gasteiger partial charge in [-0.2, -0.15) is 0 Å². The van der Waals surface area contributed by atoms with E-state index in [1.54, 1.807) is 17.8 Å². The predicted molar refractivity (Wildman–Crippen MR) is 78.0 cm³/mol. The third-order valence-corrected chi connectivity index (χ3v) is 4.75. The van der Waals surface area contributed by atoms with Gasteiger partial charge in [0.1, 0.15) is 5.82 Å². The lowest BCUT2D eigenvalue weighted by Crippen LogP contribution is -2.40. The number of nitrogens with zero attached hydrogens (tertiary/aromatic N) is 1. The third kappa shape index (κ3) is 4.48. The fourth-order valence-electron chi connectivity index (χ4n) is 2.53. The van der Waals surface area contributed by atoms with Crippen molar-refractivity contribution in [1.29, 1.82) is 0 Å². The molecule has 1 aromatic carbocycles. The van der Waals surface area contributed by atoms with Gasteiger partial charge in [0, 0.05) is 23.7 Å². The molecule has 1 fully saturated rings. The number of aliphatic hydroxyl groups excluding tert-OH is 1. The molecular weight excluding hydrogens is 261 g/mol. The highest BCUT2D eigenvalue weighted by atomic mass is 32.2. The largest absolute Gasteiger partial charge is 0.393 e. The summed E-state index contributed by atoms with van der Waals surface area (Å²) < 4.78 is 13.5. The van der Waals surface area contributed by atoms with Crippen LogP contribution in [0.25, 0.3) is 0 Å². The number of hydrogen-bond donors (Lipinski definition) is 1. The van der Waals surface area contributed by atoms with Crippen LogP contribution in [0.5, 0.6) is 0 Å². The maximum atomic E-state index is 13.5. The zero-order valence-electron chi connectivity index (χ0n) is 11.4. The maximum absolute atomic E-state index is 13.5. The molecule has 2 nitrogen and oxygen atoms in total. The van der Waals surface area contributed by atoms with E-state index in [9.17, 15) is 9.50 Å². The van der Waals surface area contributed by atoms with Gasteiger partial charge in [-0.1, -0.05) is 12.1 Å². The maximum Gasteiger partial charge on any atom is 0.136 e. The Balaban J connectivity index is 1.75. The Labute approximate surface area is 119 Å². The summed E-state index contributed by atoms with van der Waals surface area (Å²) in [5.41, 5.74) is 0. The second kappa shape index (κ2) is 7.27. The molecule has 0 bridgehead atoms. The number of piperidine rings is 1. The van der Waals surface area contributed by atoms with Crippen LogP contribution in [0.15, 0.2) is 29.2 Å². The number of rotatable bonds is 5. The lowest BCUT2D eigenvalue weighted by Gasteiger charge is -2.34. The SMILES string of the molecule is CC(O)C1CCCN(CCSc2ccccc2F)C1. The Kier molecular flexibility index (Phi) is 5.67. The average Bonchev–Trinajstić information content (AvgIpc) is 2.41. The van der Waals surface area contributed by atoms with Crippen molar-refractivity contribution in [3.8, 4) is 0 Å². The predicted octanol–water partition coefficient (Wildman–Crippen LogP) is 3.01. The minimum Gasteiger partial charge on any atom is -0.393 e. The molecule has 1 N–H and O–H groups in total. The van der Waals surface area contributed by atoms with Gasteiger partial charge in [-0.15, -0.1) is 11.8 Å². The first-order valence-electron chi connectivity index (χ1n) is 6.94. The zero-order chi connectivity index (χ0) is 13.7. The Bertz CT molecular complexity index is 399. The molecule has 1 saturated heterocycles. The van der Waals surface area contributed by atoms with Crippen molar-refractivity contribution in [1.82, 2.24) is 4.90 Å². The molecule has 19 heavy (non-hydrogen) atoms. The quantitative estimate of drug-likeness (QED) is 0.840. The van der Waals surface area contributed by atoms with Gasteiger partial charge in [0.05, 0.1) is 6.10 Å². The number of likely N-dealkylation sites (tertiary alicyclic amines) is 1. The molecule has 2 rings (SSSR count). The van der Waals surface area contributed by atoms with Crippen LogP contribution in [0.1, 0.15) is 19.8 Å². The van der Waals surface area contributed by atoms with Crippen molar-refractivity contribution in [2.24, 2.45) is 5.92 Å². The van der Waals surface area contributed by atoms with Gasteiger partial charge in [0.25, 0.3) is 0 Å². The van der Waals surface area contributed by atoms with E-state index in [2.05, 4.69) is 4.90 Å². The van der Waals surface area contributed by atoms with Crippen molar-refractivity contribution in [2.45, 2.75) is 30.8 Å². The van der Waals surface area contributed by atoms with E-state index < -0.39 is 0 Å². The Hall–Kier alpha value is -0.580. The first-order valence-corrected chi connectivity index (χ1v) is 7.93. The topological polar surface area (TPSA) is 23.5 Å². The van der Waals surface area contributed by atoms with Crippen LogP contribution in [0.2, 0.25) is 0 Å². The second-order valence-electron chi connectivity index (χ2n) is 5.22. The molecule has 2 unspecified atom stereocenters. The molecule has 106 valence electrons. The van der Waals surface area contributed by atoms with Crippen molar-refractivity contribution in [3.63, 3.8) is 0 Å². The zero-order valence-corrected chi connectivity index (χ0v) is 12.2. The van der Waals surface area contributed by atoms with E-state index >= 15 is 0 Å². The van der Waals surface area contributed by atoms with E-state index in [0.29, 0.717) is 5.92 Å². The molecule has 0 amide bonds. The van der Waals surface area contributed by atoms with Crippen molar-refractivity contribution < 1.29 is 9.50 Å². The Morgan fingerprint density at radius 1 is 1.47 bits per heavy atom. The first kappa shape index (κ1) is 14.8. The summed E-state index contributed by atoms with van der Waals surface area (Å²) in [7, 11) is 0. The Morgan fingerprint density at radius 2 is 2.26 bits per heavy atom. The molecule has 1 aromatic rings. The van der Waals surface area contributed by atoms with Gasteiger partial charge in [-0.25, -0.2) is 4.39 Å². The normalized spacial score (nSPS) is 22.4. The summed E-state index contributed by atoms with van der Waals surface area (Å²) >= 11 is 1.57. The lowest BCUT2D eigenvalue weighted by atomic mass is 9.93. The van der Waals surface area contributed by atoms with E-state index in [1.807, 2.05) is 19.1 Å². The van der Waals surface area contributed by atoms with Gasteiger partial charge in [-0.05, 0) is 44.4 Å². The highest BCUT2D eigenvalue weighted by Gasteiger charge is 2.22. The van der Waals surface area contributed by atoms with Gasteiger partial charge in [0.2, 0.25) is 0 Å². The fourth-order valence-corrected chi connectivity index (χ4v) is 3.48. The van der Waals surface area contributed by atoms with Crippen LogP contribution in [0, 0.1) is 11.7 Å². The summed E-state index contributed by atoms with van der Waals surface area (Å²) in [5, 5.41) is 9.65. The average molecular weight is 283 g/mol. The lowest BCUT2D eigenvalue weighted by molar-refractivity contribution is 0.0655. The number of halogens is 1. The van der Waals surface area contributed by atoms with Crippen LogP contribution in [0.4, 0.5) is 4.39 Å². The molecule has 0 aliphatic carbocycles. The summed E-state index contributed by atoms with van der Waals surface area (Å²) in [6, 6.07) is 6.93. The molecular formula is C15H22FNOS. The van der Waals surface area contributed by atoms with Gasteiger partial charge in [0.15, 0.2) is 0 Å². The highest BCUT2D eigenvalue weighted by Crippen LogP contribution is 2.23. The van der Waals surface area contributed by atoms with E-state index in [0.717, 1.165) is 43.1 Å². The smallest absolute Gasteiger partial charge is 0.136 e. The highest BCUT2D eigenvalue weighted by molar-refractivity contribution is 7.99. The molecule has 2 atom stereocenters. The van der Waals surface area contributed by atoms with Crippen LogP contribution in [-0.2, 0) is 0 Å². The molecule has 1 heterocycles. The summed E-state index contributed by atoms with van der Waals surface area (Å²) in [5.74, 6) is 1.16. The summed E-state index contributed by atoms with van der Waals surface area (Å²) in [4.78, 5) is 3.11. The van der Waals surface area contributed by atoms with Crippen LogP contribution >= 0.6 is 11.8 Å². The molecule has 0 spiro atoms. The fraction of sp³-hybridized carbons (Fsp3) is 0.600. The Morgan fingerprint density at radius 3 is 3.00 bits per heavy atom. The van der Waals surface area contributed by atoms with Crippen LogP contribution in [0.3, 0.4) is 0 Å². The third-order valence-electron chi connectivity index (χ3n) is 3.73. The molecule has 0 radical (unpaired) electrons. The number of aliphatic hydroxyl groups is 1. The molecule has 1 aliphatic rings. The first-order chi connectivity index (χ1) is 9.16. The molecule has 4 heteroatoms. The summed E-state index contributed by atoms with van der Waals surface area (Å²) in [6.45, 7) is 4.90. The summed E-state index contributed by atoms with van der Waals surface area (Å²) in [6.07, 6.45) is 2.05. The minimum atomic E-state index is -0.220. The second-order valence-corrected chi connectivity index (χ2v) is 6.36. The number of thioether (sulfide) groups is 1. The van der Waals surface area contributed by atoms with Crippen molar-refractivity contribution in [3.05, 3.63) is 30.1 Å². The number of hydrogen-bond acceptors (Lipinski definition) is 3. The minimum absolute atomic E-state index is 0.131. The van der Waals surface area contributed by atoms with Crippen LogP contribution < -0.4 is 0 Å². The molecule has 1 aliphatic heterocycles. The standard InChI is InChI=1S/C15H22FNOS/c1-12(18)13-5-4-8-17(11-13)9-10-19-15-7-3-2-6-14(15)16/h2-3,6-7,12-13,18H,4-5,8-11H2,1H3. The van der Waals surface area contributed by atoms with Gasteiger partial charge < -0.3 is 10.0 Å². The number of benzene rings is 1. The molecule has 0 saturated carbocycles. The van der Waals surface area contributed by atoms with Crippen molar-refractivity contribution >= 4 is 11.8 Å².